The zero-order chi connectivity index (χ0) is 24.6. The average Bonchev–Trinajstić information content (AvgIpc) is 3.60. The number of hydrogen-bond acceptors (Lipinski definition) is 6. The fraction of sp³-hybridized carbons (Fsp3) is 0.0741. The number of pyridine rings is 1. The van der Waals surface area contributed by atoms with Crippen molar-refractivity contribution >= 4 is 28.4 Å². The van der Waals surface area contributed by atoms with E-state index in [0.29, 0.717) is 44.2 Å². The van der Waals surface area contributed by atoms with Crippen LogP contribution in [-0.4, -0.2) is 22.7 Å². The fourth-order valence-corrected chi connectivity index (χ4v) is 4.46. The molecule has 1 atom stereocenters. The van der Waals surface area contributed by atoms with Gasteiger partial charge in [-0.3, -0.25) is 9.59 Å². The number of nitrogens with zero attached hydrogens (tertiary/aromatic N) is 1. The molecule has 3 heterocycles. The second-order valence-electron chi connectivity index (χ2n) is 8.16. The Morgan fingerprint density at radius 3 is 2.67 bits per heavy atom. The van der Waals surface area contributed by atoms with Crippen molar-refractivity contribution in [2.24, 2.45) is 0 Å². The minimum absolute atomic E-state index is 0.100. The third kappa shape index (κ3) is 3.87. The van der Waals surface area contributed by atoms with Gasteiger partial charge in [-0.1, -0.05) is 41.9 Å². The quantitative estimate of drug-likeness (QED) is 0.349. The molecule has 1 aliphatic heterocycles. The zero-order valence-electron chi connectivity index (χ0n) is 18.7. The molecule has 178 valence electrons. The van der Waals surface area contributed by atoms with Gasteiger partial charge in [0.15, 0.2) is 16.9 Å². The standard InChI is InChI=1S/C27H18ClN3O5/c28-17-7-8-18-19(13-17)30-24(27-29-10-11-34-27)22(25(18)32)23(15-4-2-1-3-5-15)31-26(33)16-6-9-20-21(12-16)36-14-35-20/h1-13,23H,14H2,(H,30,32)(H,31,33). The second kappa shape index (κ2) is 8.90. The van der Waals surface area contributed by atoms with Gasteiger partial charge in [0, 0.05) is 16.0 Å². The maximum absolute atomic E-state index is 13.9. The lowest BCUT2D eigenvalue weighted by atomic mass is 9.94. The van der Waals surface area contributed by atoms with Gasteiger partial charge in [0.05, 0.1) is 23.3 Å². The number of amides is 1. The van der Waals surface area contributed by atoms with Gasteiger partial charge in [-0.2, -0.15) is 0 Å². The van der Waals surface area contributed by atoms with E-state index in [1.54, 1.807) is 36.4 Å². The van der Waals surface area contributed by atoms with Gasteiger partial charge >= 0.3 is 0 Å². The van der Waals surface area contributed by atoms with Crippen LogP contribution < -0.4 is 20.2 Å². The summed E-state index contributed by atoms with van der Waals surface area (Å²) in [6, 6.07) is 18.3. The van der Waals surface area contributed by atoms with Crippen molar-refractivity contribution in [2.45, 2.75) is 6.04 Å². The van der Waals surface area contributed by atoms with Crippen LogP contribution in [-0.2, 0) is 0 Å². The van der Waals surface area contributed by atoms with Crippen molar-refractivity contribution in [2.75, 3.05) is 6.79 Å². The number of oxazole rings is 1. The van der Waals surface area contributed by atoms with Crippen LogP contribution in [0.25, 0.3) is 22.5 Å². The summed E-state index contributed by atoms with van der Waals surface area (Å²) in [5.41, 5.74) is 1.94. The van der Waals surface area contributed by atoms with Crippen LogP contribution in [0.4, 0.5) is 0 Å². The number of carbonyl (C=O) groups excluding carboxylic acids is 1. The number of H-pyrrole nitrogens is 1. The Balaban J connectivity index is 1.53. The number of fused-ring (bicyclic) bond motifs is 2. The van der Waals surface area contributed by atoms with Gasteiger partial charge < -0.3 is 24.2 Å². The largest absolute Gasteiger partial charge is 0.454 e. The van der Waals surface area contributed by atoms with E-state index in [2.05, 4.69) is 15.3 Å². The Morgan fingerprint density at radius 1 is 1.03 bits per heavy atom. The monoisotopic (exact) mass is 499 g/mol. The number of benzene rings is 3. The number of halogens is 1. The summed E-state index contributed by atoms with van der Waals surface area (Å²) in [7, 11) is 0. The Labute approximate surface area is 209 Å². The van der Waals surface area contributed by atoms with Crippen LogP contribution in [0.5, 0.6) is 11.5 Å². The molecule has 9 heteroatoms. The molecule has 5 aromatic rings. The first-order valence-electron chi connectivity index (χ1n) is 11.1. The maximum atomic E-state index is 13.9. The van der Waals surface area contributed by atoms with E-state index in [-0.39, 0.29) is 23.7 Å². The van der Waals surface area contributed by atoms with E-state index < -0.39 is 11.9 Å². The fourth-order valence-electron chi connectivity index (χ4n) is 4.29. The number of ether oxygens (including phenoxy) is 2. The van der Waals surface area contributed by atoms with E-state index in [4.69, 9.17) is 25.5 Å². The highest BCUT2D eigenvalue weighted by Crippen LogP contribution is 2.34. The van der Waals surface area contributed by atoms with Gasteiger partial charge in [-0.15, -0.1) is 0 Å². The lowest BCUT2D eigenvalue weighted by Gasteiger charge is -2.22. The summed E-state index contributed by atoms with van der Waals surface area (Å²) in [5.74, 6) is 0.875. The molecule has 2 N–H and O–H groups in total. The Bertz CT molecular complexity index is 1650. The van der Waals surface area contributed by atoms with E-state index >= 15 is 0 Å². The first kappa shape index (κ1) is 21.9. The highest BCUT2D eigenvalue weighted by Gasteiger charge is 2.28. The van der Waals surface area contributed by atoms with Crippen molar-refractivity contribution in [3.8, 4) is 23.1 Å². The SMILES string of the molecule is O=C(NC(c1ccccc1)c1c(-c2ncco2)[nH]c2cc(Cl)ccc2c1=O)c1ccc2c(c1)OCO2. The third-order valence-electron chi connectivity index (χ3n) is 5.98. The molecular weight excluding hydrogens is 482 g/mol. The summed E-state index contributed by atoms with van der Waals surface area (Å²) < 4.78 is 16.3. The molecule has 1 amide bonds. The molecule has 0 saturated heterocycles. The smallest absolute Gasteiger partial charge is 0.252 e. The third-order valence-corrected chi connectivity index (χ3v) is 6.21. The highest BCUT2D eigenvalue weighted by atomic mass is 35.5. The van der Waals surface area contributed by atoms with Gasteiger partial charge in [0.2, 0.25) is 12.7 Å². The number of hydrogen-bond donors (Lipinski definition) is 2. The van der Waals surface area contributed by atoms with Gasteiger partial charge in [0.25, 0.3) is 5.91 Å². The van der Waals surface area contributed by atoms with Gasteiger partial charge in [-0.25, -0.2) is 4.98 Å². The summed E-state index contributed by atoms with van der Waals surface area (Å²) in [5, 5.41) is 3.92. The molecule has 36 heavy (non-hydrogen) atoms. The van der Waals surface area contributed by atoms with E-state index in [9.17, 15) is 9.59 Å². The van der Waals surface area contributed by atoms with Gasteiger partial charge in [-0.05, 0) is 42.0 Å². The van der Waals surface area contributed by atoms with Crippen molar-refractivity contribution < 1.29 is 18.7 Å². The molecule has 1 aliphatic rings. The molecule has 3 aromatic carbocycles. The zero-order valence-corrected chi connectivity index (χ0v) is 19.4. The lowest BCUT2D eigenvalue weighted by Crippen LogP contribution is -2.33. The minimum atomic E-state index is -0.824. The van der Waals surface area contributed by atoms with Crippen LogP contribution in [0.15, 0.2) is 88.4 Å². The van der Waals surface area contributed by atoms with Gasteiger partial charge in [0.1, 0.15) is 12.0 Å². The number of rotatable bonds is 5. The average molecular weight is 500 g/mol. The van der Waals surface area contributed by atoms with Crippen molar-refractivity contribution in [3.05, 3.63) is 111 Å². The van der Waals surface area contributed by atoms with Crippen molar-refractivity contribution in [3.63, 3.8) is 0 Å². The topological polar surface area (TPSA) is 106 Å². The normalized spacial score (nSPS) is 13.0. The van der Waals surface area contributed by atoms with Crippen molar-refractivity contribution in [1.29, 1.82) is 0 Å². The Kier molecular flexibility index (Phi) is 5.42. The Hall–Kier alpha value is -4.56. The molecule has 0 aliphatic carbocycles. The molecule has 0 spiro atoms. The van der Waals surface area contributed by atoms with Crippen LogP contribution in [0, 0.1) is 0 Å². The molecule has 0 saturated carbocycles. The number of aromatic nitrogens is 2. The number of aromatic amines is 1. The Morgan fingerprint density at radius 2 is 1.86 bits per heavy atom. The molecule has 6 rings (SSSR count). The number of carbonyl (C=O) groups is 1. The van der Waals surface area contributed by atoms with Crippen LogP contribution in [0.1, 0.15) is 27.5 Å². The molecule has 0 bridgehead atoms. The highest BCUT2D eigenvalue weighted by molar-refractivity contribution is 6.31. The molecule has 2 aromatic heterocycles. The summed E-state index contributed by atoms with van der Waals surface area (Å²) in [6.45, 7) is 0.100. The predicted octanol–water partition coefficient (Wildman–Crippen LogP) is 5.08. The molecule has 1 unspecified atom stereocenters. The second-order valence-corrected chi connectivity index (χ2v) is 8.59. The summed E-state index contributed by atoms with van der Waals surface area (Å²) >= 11 is 6.19. The first-order chi connectivity index (χ1) is 17.6. The molecule has 0 radical (unpaired) electrons. The van der Waals surface area contributed by atoms with Crippen molar-refractivity contribution in [1.82, 2.24) is 15.3 Å². The van der Waals surface area contributed by atoms with E-state index in [1.165, 1.54) is 12.5 Å². The van der Waals surface area contributed by atoms with E-state index in [1.807, 2.05) is 30.3 Å². The lowest BCUT2D eigenvalue weighted by molar-refractivity contribution is 0.0942. The van der Waals surface area contributed by atoms with Crippen LogP contribution >= 0.6 is 11.6 Å². The number of nitrogens with one attached hydrogen (secondary N) is 2. The first-order valence-corrected chi connectivity index (χ1v) is 11.5. The summed E-state index contributed by atoms with van der Waals surface area (Å²) in [6.07, 6.45) is 2.91. The maximum Gasteiger partial charge on any atom is 0.252 e. The molecule has 0 fully saturated rings. The molecule has 8 nitrogen and oxygen atoms in total. The summed E-state index contributed by atoms with van der Waals surface area (Å²) in [4.78, 5) is 34.9. The van der Waals surface area contributed by atoms with Crippen LogP contribution in [0.2, 0.25) is 5.02 Å². The van der Waals surface area contributed by atoms with E-state index in [0.717, 1.165) is 0 Å². The molecular formula is C27H18ClN3O5. The van der Waals surface area contributed by atoms with Crippen LogP contribution in [0.3, 0.4) is 0 Å². The minimum Gasteiger partial charge on any atom is -0.454 e. The predicted molar refractivity (Wildman–Crippen MR) is 133 cm³/mol.